The van der Waals surface area contributed by atoms with Crippen molar-refractivity contribution >= 4 is 52.7 Å². The van der Waals surface area contributed by atoms with Crippen LogP contribution in [-0.4, -0.2) is 98.8 Å². The molecule has 1 aromatic carbocycles. The van der Waals surface area contributed by atoms with Crippen LogP contribution in [0.5, 0.6) is 0 Å². The highest BCUT2D eigenvalue weighted by atomic mass is 35.5. The SMILES string of the molecule is CC[C@@H]1NC(=O)C[C@H](c2ccccc2)NC(=O)[C@@H](CO)NC(=O)[C@H]([C@@H](C)O)NC(=O)[C@H]2[C@H](Cl)[C@H](Cl)CN2C1=O. The van der Waals surface area contributed by atoms with E-state index in [0.29, 0.717) is 5.56 Å². The zero-order valence-electron chi connectivity index (χ0n) is 21.5. The fraction of sp³-hybridized carbons (Fsp3) is 0.560. The fourth-order valence-corrected chi connectivity index (χ4v) is 5.19. The number of nitrogens with zero attached hydrogens (tertiary/aromatic N) is 1. The van der Waals surface area contributed by atoms with Gasteiger partial charge in [0.05, 0.1) is 35.9 Å². The van der Waals surface area contributed by atoms with Crippen LogP contribution in [0.4, 0.5) is 0 Å². The first-order valence-corrected chi connectivity index (χ1v) is 13.5. The first kappa shape index (κ1) is 30.6. The molecule has 2 aliphatic rings. The van der Waals surface area contributed by atoms with Gasteiger partial charge >= 0.3 is 0 Å². The Balaban J connectivity index is 2.02. The van der Waals surface area contributed by atoms with E-state index in [-0.39, 0.29) is 19.4 Å². The van der Waals surface area contributed by atoms with Crippen LogP contribution in [0.25, 0.3) is 0 Å². The number of alkyl halides is 2. The van der Waals surface area contributed by atoms with Crippen molar-refractivity contribution < 1.29 is 34.2 Å². The molecule has 2 aliphatic heterocycles. The Labute approximate surface area is 235 Å². The quantitative estimate of drug-likeness (QED) is 0.243. The van der Waals surface area contributed by atoms with E-state index in [4.69, 9.17) is 23.2 Å². The topological polar surface area (TPSA) is 177 Å². The third-order valence-electron chi connectivity index (χ3n) is 6.73. The Morgan fingerprint density at radius 1 is 0.949 bits per heavy atom. The van der Waals surface area contributed by atoms with Crippen molar-refractivity contribution in [3.63, 3.8) is 0 Å². The van der Waals surface area contributed by atoms with Crippen LogP contribution >= 0.6 is 23.2 Å². The van der Waals surface area contributed by atoms with Gasteiger partial charge < -0.3 is 36.4 Å². The molecule has 0 saturated carbocycles. The Bertz CT molecular complexity index is 1080. The third kappa shape index (κ3) is 7.18. The van der Waals surface area contributed by atoms with E-state index >= 15 is 0 Å². The highest BCUT2D eigenvalue weighted by Gasteiger charge is 2.48. The van der Waals surface area contributed by atoms with Crippen molar-refractivity contribution in [3.05, 3.63) is 35.9 Å². The normalized spacial score (nSPS) is 32.0. The maximum absolute atomic E-state index is 13.5. The van der Waals surface area contributed by atoms with Gasteiger partial charge in [-0.15, -0.1) is 23.2 Å². The molecule has 2 heterocycles. The number of aliphatic hydroxyl groups excluding tert-OH is 2. The van der Waals surface area contributed by atoms with E-state index in [1.165, 1.54) is 6.92 Å². The molecule has 1 aromatic rings. The monoisotopic (exact) mass is 585 g/mol. The summed E-state index contributed by atoms with van der Waals surface area (Å²) in [4.78, 5) is 67.1. The predicted octanol–water partition coefficient (Wildman–Crippen LogP) is -1.09. The summed E-state index contributed by atoms with van der Waals surface area (Å²) in [5.41, 5.74) is 0.577. The lowest BCUT2D eigenvalue weighted by molar-refractivity contribution is -0.143. The largest absolute Gasteiger partial charge is 0.394 e. The van der Waals surface area contributed by atoms with Gasteiger partial charge in [-0.1, -0.05) is 37.3 Å². The van der Waals surface area contributed by atoms with Crippen LogP contribution in [0.2, 0.25) is 0 Å². The van der Waals surface area contributed by atoms with Crippen molar-refractivity contribution in [3.8, 4) is 0 Å². The molecule has 2 saturated heterocycles. The van der Waals surface area contributed by atoms with Crippen molar-refractivity contribution in [2.75, 3.05) is 13.2 Å². The minimum atomic E-state index is -1.55. The summed E-state index contributed by atoms with van der Waals surface area (Å²) in [5.74, 6) is -3.75. The molecule has 0 spiro atoms. The van der Waals surface area contributed by atoms with E-state index in [1.54, 1.807) is 37.3 Å². The second-order valence-corrected chi connectivity index (χ2v) is 10.6. The number of carbonyl (C=O) groups excluding carboxylic acids is 5. The third-order valence-corrected chi connectivity index (χ3v) is 7.81. The van der Waals surface area contributed by atoms with Gasteiger partial charge in [-0.25, -0.2) is 0 Å². The fourth-order valence-electron chi connectivity index (χ4n) is 4.57. The Morgan fingerprint density at radius 2 is 1.62 bits per heavy atom. The molecule has 0 aromatic heterocycles. The van der Waals surface area contributed by atoms with E-state index in [0.717, 1.165) is 4.90 Å². The molecule has 0 radical (unpaired) electrons. The van der Waals surface area contributed by atoms with Crippen LogP contribution in [0, 0.1) is 0 Å². The van der Waals surface area contributed by atoms with Crippen LogP contribution in [0.1, 0.15) is 38.3 Å². The minimum absolute atomic E-state index is 0.0835. The molecular weight excluding hydrogens is 553 g/mol. The van der Waals surface area contributed by atoms with E-state index in [1.807, 2.05) is 0 Å². The van der Waals surface area contributed by atoms with Gasteiger partial charge in [-0.2, -0.15) is 0 Å². The predicted molar refractivity (Wildman–Crippen MR) is 142 cm³/mol. The Morgan fingerprint density at radius 3 is 2.21 bits per heavy atom. The van der Waals surface area contributed by atoms with Gasteiger partial charge in [0.2, 0.25) is 29.5 Å². The molecule has 2 fully saturated rings. The molecule has 14 heteroatoms. The maximum atomic E-state index is 13.5. The van der Waals surface area contributed by atoms with Gasteiger partial charge in [0.1, 0.15) is 24.2 Å². The van der Waals surface area contributed by atoms with Gasteiger partial charge in [-0.05, 0) is 18.9 Å². The molecule has 8 atom stereocenters. The van der Waals surface area contributed by atoms with Crippen LogP contribution < -0.4 is 21.3 Å². The highest BCUT2D eigenvalue weighted by Crippen LogP contribution is 2.29. The standard InChI is InChI=1S/C25H33Cl2N5O7/c1-3-15-25(39)32-10-14(26)19(27)21(32)24(38)31-20(12(2)34)23(37)30-17(11-33)22(36)29-16(9-18(35)28-15)13-7-5-4-6-8-13/h4-8,12,14-17,19-21,33-34H,3,9-11H2,1-2H3,(H,28,35)(H,29,36)(H,30,37)(H,31,38)/t12-,14-,15+,16-,17-,19-,20+,21-/m1/s1. The molecule has 0 bridgehead atoms. The summed E-state index contributed by atoms with van der Waals surface area (Å²) in [6, 6.07) is 2.39. The number of carbonyl (C=O) groups is 5. The van der Waals surface area contributed by atoms with Gasteiger partial charge in [-0.3, -0.25) is 24.0 Å². The zero-order valence-corrected chi connectivity index (χ0v) is 23.0. The van der Waals surface area contributed by atoms with Gasteiger partial charge in [0.25, 0.3) is 0 Å². The lowest BCUT2D eigenvalue weighted by atomic mass is 10.0. The number of halogens is 2. The summed E-state index contributed by atoms with van der Waals surface area (Å²) in [6.45, 7) is 2.05. The maximum Gasteiger partial charge on any atom is 0.245 e. The van der Waals surface area contributed by atoms with Crippen molar-refractivity contribution in [1.29, 1.82) is 0 Å². The number of aliphatic hydroxyl groups is 2. The van der Waals surface area contributed by atoms with E-state index in [9.17, 15) is 34.2 Å². The van der Waals surface area contributed by atoms with Crippen molar-refractivity contribution in [2.45, 2.75) is 73.8 Å². The number of benzene rings is 1. The van der Waals surface area contributed by atoms with Crippen LogP contribution in [0.3, 0.4) is 0 Å². The van der Waals surface area contributed by atoms with Gasteiger partial charge in [0, 0.05) is 6.54 Å². The second-order valence-electron chi connectivity index (χ2n) is 9.57. The smallest absolute Gasteiger partial charge is 0.245 e. The molecular formula is C25H33Cl2N5O7. The number of fused-ring (bicyclic) bond motifs is 1. The minimum Gasteiger partial charge on any atom is -0.394 e. The molecule has 0 aliphatic carbocycles. The molecule has 3 rings (SSSR count). The first-order valence-electron chi connectivity index (χ1n) is 12.6. The molecule has 0 unspecified atom stereocenters. The molecule has 6 N–H and O–H groups in total. The Hall–Kier alpha value is -2.93. The summed E-state index contributed by atoms with van der Waals surface area (Å²) in [7, 11) is 0. The number of nitrogens with one attached hydrogen (secondary N) is 4. The average molecular weight is 586 g/mol. The number of hydrogen-bond donors (Lipinski definition) is 6. The summed E-state index contributed by atoms with van der Waals surface area (Å²) in [6.07, 6.45) is -1.49. The molecule has 12 nitrogen and oxygen atoms in total. The number of hydrogen-bond acceptors (Lipinski definition) is 7. The average Bonchev–Trinajstić information content (AvgIpc) is 3.21. The first-order chi connectivity index (χ1) is 18.5. The number of rotatable bonds is 4. The summed E-state index contributed by atoms with van der Waals surface area (Å²) >= 11 is 12.7. The van der Waals surface area contributed by atoms with Crippen molar-refractivity contribution in [2.24, 2.45) is 0 Å². The molecule has 39 heavy (non-hydrogen) atoms. The lowest BCUT2D eigenvalue weighted by Crippen LogP contribution is -2.62. The number of amides is 5. The summed E-state index contributed by atoms with van der Waals surface area (Å²) in [5, 5.41) is 28.3. The molecule has 5 amide bonds. The van der Waals surface area contributed by atoms with E-state index < -0.39 is 83.2 Å². The van der Waals surface area contributed by atoms with E-state index in [2.05, 4.69) is 21.3 Å². The van der Waals surface area contributed by atoms with Crippen molar-refractivity contribution in [1.82, 2.24) is 26.2 Å². The lowest BCUT2D eigenvalue weighted by Gasteiger charge is -2.32. The highest BCUT2D eigenvalue weighted by molar-refractivity contribution is 6.32. The van der Waals surface area contributed by atoms with Gasteiger partial charge in [0.15, 0.2) is 0 Å². The zero-order chi connectivity index (χ0) is 28.9. The van der Waals surface area contributed by atoms with Crippen LogP contribution in [-0.2, 0) is 24.0 Å². The second kappa shape index (κ2) is 13.4. The van der Waals surface area contributed by atoms with Crippen LogP contribution in [0.15, 0.2) is 30.3 Å². The summed E-state index contributed by atoms with van der Waals surface area (Å²) < 4.78 is 0. The Kier molecular flexibility index (Phi) is 10.5. The molecule has 214 valence electrons.